The molecule has 0 aliphatic carbocycles. The lowest BCUT2D eigenvalue weighted by atomic mass is 10.2. The van der Waals surface area contributed by atoms with E-state index in [-0.39, 0.29) is 12.5 Å². The molecule has 0 fully saturated rings. The summed E-state index contributed by atoms with van der Waals surface area (Å²) in [6.45, 7) is -0.168. The van der Waals surface area contributed by atoms with Crippen LogP contribution in [0, 0.1) is 0 Å². The summed E-state index contributed by atoms with van der Waals surface area (Å²) < 4.78 is 0. The van der Waals surface area contributed by atoms with Crippen LogP contribution in [0.25, 0.3) is 6.08 Å². The van der Waals surface area contributed by atoms with E-state index in [2.05, 4.69) is 5.32 Å². The maximum Gasteiger partial charge on any atom is 0.244 e. The summed E-state index contributed by atoms with van der Waals surface area (Å²) in [5.41, 5.74) is 5.68. The molecule has 0 radical (unpaired) electrons. The van der Waals surface area contributed by atoms with E-state index in [0.717, 1.165) is 5.56 Å². The Morgan fingerprint density at radius 3 is 2.81 bits per heavy atom. The van der Waals surface area contributed by atoms with Crippen LogP contribution in [-0.4, -0.2) is 18.4 Å². The number of nitrogens with two attached hydrogens (primary N) is 1. The first-order chi connectivity index (χ1) is 7.58. The zero-order chi connectivity index (χ0) is 12.0. The summed E-state index contributed by atoms with van der Waals surface area (Å²) in [6, 6.07) is 7.05. The van der Waals surface area contributed by atoms with Crippen LogP contribution in [0.15, 0.2) is 30.3 Å². The Bertz CT molecular complexity index is 430. The van der Waals surface area contributed by atoms with Crippen molar-refractivity contribution in [1.82, 2.24) is 5.32 Å². The van der Waals surface area contributed by atoms with Crippen LogP contribution in [0.1, 0.15) is 5.56 Å². The highest BCUT2D eigenvalue weighted by Crippen LogP contribution is 2.11. The van der Waals surface area contributed by atoms with E-state index in [1.165, 1.54) is 6.08 Å². The highest BCUT2D eigenvalue weighted by molar-refractivity contribution is 6.30. The number of carbonyl (C=O) groups excluding carboxylic acids is 2. The summed E-state index contributed by atoms with van der Waals surface area (Å²) in [7, 11) is 0. The molecule has 0 unspecified atom stereocenters. The van der Waals surface area contributed by atoms with Crippen molar-refractivity contribution in [3.05, 3.63) is 40.9 Å². The van der Waals surface area contributed by atoms with Gasteiger partial charge in [-0.15, -0.1) is 0 Å². The Morgan fingerprint density at radius 2 is 2.19 bits per heavy atom. The summed E-state index contributed by atoms with van der Waals surface area (Å²) in [6.07, 6.45) is 2.91. The molecule has 16 heavy (non-hydrogen) atoms. The average molecular weight is 239 g/mol. The van der Waals surface area contributed by atoms with Crippen LogP contribution in [-0.2, 0) is 9.59 Å². The van der Waals surface area contributed by atoms with E-state index in [1.807, 2.05) is 6.07 Å². The van der Waals surface area contributed by atoms with Crippen molar-refractivity contribution >= 4 is 29.5 Å². The molecule has 0 saturated carbocycles. The van der Waals surface area contributed by atoms with E-state index < -0.39 is 5.91 Å². The van der Waals surface area contributed by atoms with E-state index in [1.54, 1.807) is 24.3 Å². The second-order valence-corrected chi connectivity index (χ2v) is 3.51. The van der Waals surface area contributed by atoms with Gasteiger partial charge < -0.3 is 11.1 Å². The Morgan fingerprint density at radius 1 is 1.44 bits per heavy atom. The van der Waals surface area contributed by atoms with Crippen LogP contribution in [0.4, 0.5) is 0 Å². The van der Waals surface area contributed by atoms with Crippen molar-refractivity contribution in [2.24, 2.45) is 5.73 Å². The molecule has 0 bridgehead atoms. The fraction of sp³-hybridized carbons (Fsp3) is 0.0909. The van der Waals surface area contributed by atoms with Crippen molar-refractivity contribution in [1.29, 1.82) is 0 Å². The minimum Gasteiger partial charge on any atom is -0.368 e. The van der Waals surface area contributed by atoms with Crippen LogP contribution in [0.2, 0.25) is 5.02 Å². The van der Waals surface area contributed by atoms with Gasteiger partial charge in [0, 0.05) is 11.1 Å². The van der Waals surface area contributed by atoms with Gasteiger partial charge in [0.1, 0.15) is 0 Å². The predicted molar refractivity (Wildman–Crippen MR) is 62.7 cm³/mol. The molecule has 1 rings (SSSR count). The topological polar surface area (TPSA) is 72.2 Å². The van der Waals surface area contributed by atoms with Gasteiger partial charge in [-0.3, -0.25) is 9.59 Å². The van der Waals surface area contributed by atoms with Crippen LogP contribution < -0.4 is 11.1 Å². The normalized spacial score (nSPS) is 10.3. The molecule has 3 N–H and O–H groups in total. The Hall–Kier alpha value is -1.81. The fourth-order valence-electron chi connectivity index (χ4n) is 1.02. The second-order valence-electron chi connectivity index (χ2n) is 3.07. The number of hydrogen-bond acceptors (Lipinski definition) is 2. The third-order valence-electron chi connectivity index (χ3n) is 1.71. The molecule has 84 valence electrons. The number of nitrogens with one attached hydrogen (secondary N) is 1. The molecule has 2 amide bonds. The SMILES string of the molecule is NC(=O)CNC(=O)/C=C/c1cccc(Cl)c1. The van der Waals surface area contributed by atoms with Gasteiger partial charge in [-0.25, -0.2) is 0 Å². The first kappa shape index (κ1) is 12.3. The number of rotatable bonds is 4. The summed E-state index contributed by atoms with van der Waals surface area (Å²) in [5.74, 6) is -0.955. The van der Waals surface area contributed by atoms with Crippen molar-refractivity contribution in [3.63, 3.8) is 0 Å². The molecule has 0 atom stereocenters. The van der Waals surface area contributed by atoms with Crippen molar-refractivity contribution in [2.75, 3.05) is 6.54 Å². The summed E-state index contributed by atoms with van der Waals surface area (Å²) in [5, 5.41) is 2.93. The minimum atomic E-state index is -0.579. The quantitative estimate of drug-likeness (QED) is 0.767. The molecule has 4 nitrogen and oxygen atoms in total. The van der Waals surface area contributed by atoms with Gasteiger partial charge in [-0.05, 0) is 23.8 Å². The van der Waals surface area contributed by atoms with Crippen LogP contribution in [0.3, 0.4) is 0 Å². The fourth-order valence-corrected chi connectivity index (χ4v) is 1.21. The van der Waals surface area contributed by atoms with E-state index in [0.29, 0.717) is 5.02 Å². The number of amides is 2. The van der Waals surface area contributed by atoms with Crippen LogP contribution >= 0.6 is 11.6 Å². The zero-order valence-corrected chi connectivity index (χ0v) is 9.20. The Kier molecular flexibility index (Phi) is 4.54. The first-order valence-electron chi connectivity index (χ1n) is 4.58. The second kappa shape index (κ2) is 5.92. The maximum atomic E-state index is 11.2. The van der Waals surface area contributed by atoms with Gasteiger partial charge in [0.25, 0.3) is 0 Å². The average Bonchev–Trinajstić information content (AvgIpc) is 2.23. The highest BCUT2D eigenvalue weighted by Gasteiger charge is 1.97. The molecule has 0 aromatic heterocycles. The van der Waals surface area contributed by atoms with E-state index >= 15 is 0 Å². The molecular formula is C11H11ClN2O2. The third kappa shape index (κ3) is 4.61. The Balaban J connectivity index is 2.53. The molecule has 0 spiro atoms. The monoisotopic (exact) mass is 238 g/mol. The lowest BCUT2D eigenvalue weighted by Crippen LogP contribution is -2.32. The highest BCUT2D eigenvalue weighted by atomic mass is 35.5. The van der Waals surface area contributed by atoms with Gasteiger partial charge in [0.2, 0.25) is 11.8 Å². The van der Waals surface area contributed by atoms with E-state index in [4.69, 9.17) is 17.3 Å². The molecule has 0 heterocycles. The van der Waals surface area contributed by atoms with Crippen LogP contribution in [0.5, 0.6) is 0 Å². The molecule has 1 aromatic carbocycles. The lowest BCUT2D eigenvalue weighted by molar-refractivity contribution is -0.122. The molecule has 5 heteroatoms. The molecular weight excluding hydrogens is 228 g/mol. The Labute approximate surface area is 98.1 Å². The third-order valence-corrected chi connectivity index (χ3v) is 1.95. The molecule has 0 aliphatic heterocycles. The van der Waals surface area contributed by atoms with Gasteiger partial charge in [-0.1, -0.05) is 23.7 Å². The first-order valence-corrected chi connectivity index (χ1v) is 4.95. The lowest BCUT2D eigenvalue weighted by Gasteiger charge is -1.97. The summed E-state index contributed by atoms with van der Waals surface area (Å²) >= 11 is 5.77. The number of primary amides is 1. The van der Waals surface area contributed by atoms with Crippen molar-refractivity contribution in [2.45, 2.75) is 0 Å². The van der Waals surface area contributed by atoms with E-state index in [9.17, 15) is 9.59 Å². The van der Waals surface area contributed by atoms with Gasteiger partial charge in [0.15, 0.2) is 0 Å². The van der Waals surface area contributed by atoms with Gasteiger partial charge in [-0.2, -0.15) is 0 Å². The zero-order valence-electron chi connectivity index (χ0n) is 8.44. The van der Waals surface area contributed by atoms with Crippen molar-refractivity contribution < 1.29 is 9.59 Å². The molecule has 1 aromatic rings. The summed E-state index contributed by atoms with van der Waals surface area (Å²) in [4.78, 5) is 21.6. The number of halogens is 1. The molecule has 0 aliphatic rings. The number of carbonyl (C=O) groups is 2. The maximum absolute atomic E-state index is 11.2. The largest absolute Gasteiger partial charge is 0.368 e. The van der Waals surface area contributed by atoms with Gasteiger partial charge in [0.05, 0.1) is 6.54 Å². The minimum absolute atomic E-state index is 0.168. The standard InChI is InChI=1S/C11H11ClN2O2/c12-9-3-1-2-8(6-9)4-5-11(16)14-7-10(13)15/h1-6H,7H2,(H2,13,15)(H,14,16)/b5-4+. The molecule has 0 saturated heterocycles. The van der Waals surface area contributed by atoms with Gasteiger partial charge >= 0.3 is 0 Å². The predicted octanol–water partition coefficient (Wildman–Crippen LogP) is 0.955. The van der Waals surface area contributed by atoms with Crippen molar-refractivity contribution in [3.8, 4) is 0 Å². The smallest absolute Gasteiger partial charge is 0.244 e. The number of hydrogen-bond donors (Lipinski definition) is 2. The number of benzene rings is 1.